The first-order valence-corrected chi connectivity index (χ1v) is 10.3. The van der Waals surface area contributed by atoms with Gasteiger partial charge >= 0.3 is 0 Å². The SMILES string of the molecule is COc1ccc(C)c2sc(N(CCN(C)C)C(=O)COc3cccc(C)c3)nc12.Cl. The quantitative estimate of drug-likeness (QED) is 0.512. The highest BCUT2D eigenvalue weighted by atomic mass is 35.5. The fraction of sp³-hybridized carbons (Fsp3) is 0.364. The number of aromatic nitrogens is 1. The molecule has 0 N–H and O–H groups in total. The standard InChI is InChI=1S/C22H27N3O3S.ClH/c1-15-7-6-8-17(13-15)28-14-19(26)25(12-11-24(3)4)22-23-20-18(27-5)10-9-16(2)21(20)29-22;/h6-10,13H,11-12,14H2,1-5H3;1H. The average molecular weight is 450 g/mol. The maximum absolute atomic E-state index is 13.0. The minimum absolute atomic E-state index is 0. The molecular formula is C22H28ClN3O3S. The Balaban J connectivity index is 0.00000320. The van der Waals surface area contributed by atoms with Crippen molar-refractivity contribution in [3.8, 4) is 11.5 Å². The summed E-state index contributed by atoms with van der Waals surface area (Å²) in [4.78, 5) is 21.5. The Kier molecular flexibility index (Phi) is 8.46. The lowest BCUT2D eigenvalue weighted by atomic mass is 10.2. The molecule has 1 heterocycles. The number of nitrogens with zero attached hydrogens (tertiary/aromatic N) is 3. The minimum atomic E-state index is -0.121. The Morgan fingerprint density at radius 3 is 2.57 bits per heavy atom. The molecule has 3 aromatic rings. The zero-order chi connectivity index (χ0) is 21.0. The summed E-state index contributed by atoms with van der Waals surface area (Å²) in [7, 11) is 5.60. The number of halogens is 1. The number of carbonyl (C=O) groups is 1. The molecule has 0 saturated heterocycles. The number of likely N-dealkylation sites (N-methyl/N-ethyl adjacent to an activating group) is 1. The lowest BCUT2D eigenvalue weighted by Gasteiger charge is -2.22. The van der Waals surface area contributed by atoms with Gasteiger partial charge in [0.15, 0.2) is 11.7 Å². The monoisotopic (exact) mass is 449 g/mol. The van der Waals surface area contributed by atoms with E-state index in [4.69, 9.17) is 14.5 Å². The van der Waals surface area contributed by atoms with Crippen LogP contribution in [0.4, 0.5) is 5.13 Å². The number of thiazole rings is 1. The Morgan fingerprint density at radius 2 is 1.90 bits per heavy atom. The molecule has 8 heteroatoms. The van der Waals surface area contributed by atoms with Gasteiger partial charge in [-0.3, -0.25) is 9.69 Å². The van der Waals surface area contributed by atoms with E-state index >= 15 is 0 Å². The third-order valence-corrected chi connectivity index (χ3v) is 5.78. The third-order valence-electron chi connectivity index (χ3n) is 4.57. The molecule has 0 aliphatic carbocycles. The Bertz CT molecular complexity index is 1010. The zero-order valence-corrected chi connectivity index (χ0v) is 19.6. The van der Waals surface area contributed by atoms with Crippen LogP contribution in [0.15, 0.2) is 36.4 Å². The summed E-state index contributed by atoms with van der Waals surface area (Å²) in [5.41, 5.74) is 2.99. The summed E-state index contributed by atoms with van der Waals surface area (Å²) in [6, 6.07) is 11.6. The van der Waals surface area contributed by atoms with Crippen molar-refractivity contribution in [2.45, 2.75) is 13.8 Å². The normalized spacial score (nSPS) is 10.7. The molecule has 2 aromatic carbocycles. The molecule has 0 aliphatic rings. The van der Waals surface area contributed by atoms with Gasteiger partial charge in [-0.05, 0) is 57.3 Å². The number of ether oxygens (including phenoxy) is 2. The molecule has 0 fully saturated rings. The first kappa shape index (κ1) is 23.9. The molecule has 6 nitrogen and oxygen atoms in total. The van der Waals surface area contributed by atoms with E-state index in [1.807, 2.05) is 69.2 Å². The Morgan fingerprint density at radius 1 is 1.13 bits per heavy atom. The van der Waals surface area contributed by atoms with Gasteiger partial charge in [-0.1, -0.05) is 29.5 Å². The van der Waals surface area contributed by atoms with Crippen molar-refractivity contribution in [2.75, 3.05) is 45.8 Å². The molecule has 30 heavy (non-hydrogen) atoms. The number of rotatable bonds is 8. The highest BCUT2D eigenvalue weighted by Gasteiger charge is 2.22. The van der Waals surface area contributed by atoms with Crippen LogP contribution in [0, 0.1) is 13.8 Å². The van der Waals surface area contributed by atoms with Gasteiger partial charge in [0, 0.05) is 13.1 Å². The van der Waals surface area contributed by atoms with Crippen molar-refractivity contribution in [1.29, 1.82) is 0 Å². The van der Waals surface area contributed by atoms with Gasteiger partial charge in [0.05, 0.1) is 11.8 Å². The van der Waals surface area contributed by atoms with Gasteiger partial charge in [0.25, 0.3) is 5.91 Å². The van der Waals surface area contributed by atoms with Crippen LogP contribution >= 0.6 is 23.7 Å². The van der Waals surface area contributed by atoms with E-state index in [2.05, 4.69) is 0 Å². The average Bonchev–Trinajstić information content (AvgIpc) is 3.12. The molecule has 0 saturated carbocycles. The smallest absolute Gasteiger partial charge is 0.266 e. The van der Waals surface area contributed by atoms with Crippen LogP contribution in [-0.2, 0) is 4.79 Å². The van der Waals surface area contributed by atoms with Crippen LogP contribution < -0.4 is 14.4 Å². The first-order valence-electron chi connectivity index (χ1n) is 9.47. The van der Waals surface area contributed by atoms with Gasteiger partial charge < -0.3 is 14.4 Å². The predicted octanol–water partition coefficient (Wildman–Crippen LogP) is 4.32. The fourth-order valence-corrected chi connectivity index (χ4v) is 4.03. The summed E-state index contributed by atoms with van der Waals surface area (Å²) in [5, 5.41) is 0.660. The highest BCUT2D eigenvalue weighted by molar-refractivity contribution is 7.22. The predicted molar refractivity (Wildman–Crippen MR) is 126 cm³/mol. The second-order valence-corrected chi connectivity index (χ2v) is 8.19. The van der Waals surface area contributed by atoms with Gasteiger partial charge in [0.1, 0.15) is 17.0 Å². The molecule has 0 unspecified atom stereocenters. The van der Waals surface area contributed by atoms with E-state index in [0.717, 1.165) is 27.9 Å². The number of hydrogen-bond acceptors (Lipinski definition) is 6. The molecule has 0 bridgehead atoms. The van der Waals surface area contributed by atoms with Crippen molar-refractivity contribution in [2.24, 2.45) is 0 Å². The van der Waals surface area contributed by atoms with Crippen LogP contribution in [0.2, 0.25) is 0 Å². The van der Waals surface area contributed by atoms with Crippen LogP contribution in [0.5, 0.6) is 11.5 Å². The zero-order valence-electron chi connectivity index (χ0n) is 18.0. The molecule has 1 amide bonds. The largest absolute Gasteiger partial charge is 0.494 e. The number of aryl methyl sites for hydroxylation is 2. The number of benzene rings is 2. The van der Waals surface area contributed by atoms with Crippen molar-refractivity contribution in [1.82, 2.24) is 9.88 Å². The van der Waals surface area contributed by atoms with E-state index < -0.39 is 0 Å². The summed E-state index contributed by atoms with van der Waals surface area (Å²) >= 11 is 1.51. The lowest BCUT2D eigenvalue weighted by Crippen LogP contribution is -2.39. The molecule has 0 aliphatic heterocycles. The molecule has 0 spiro atoms. The van der Waals surface area contributed by atoms with E-state index in [1.165, 1.54) is 11.3 Å². The number of anilines is 1. The van der Waals surface area contributed by atoms with E-state index in [9.17, 15) is 4.79 Å². The van der Waals surface area contributed by atoms with Crippen molar-refractivity contribution in [3.05, 3.63) is 47.5 Å². The number of fused-ring (bicyclic) bond motifs is 1. The van der Waals surface area contributed by atoms with Gasteiger partial charge in [-0.2, -0.15) is 0 Å². The Hall–Kier alpha value is -2.35. The molecule has 0 radical (unpaired) electrons. The first-order chi connectivity index (χ1) is 13.9. The van der Waals surface area contributed by atoms with E-state index in [1.54, 1.807) is 12.0 Å². The summed E-state index contributed by atoms with van der Waals surface area (Å²) in [5.74, 6) is 1.28. The third kappa shape index (κ3) is 5.62. The number of amides is 1. The van der Waals surface area contributed by atoms with Crippen LogP contribution in [-0.4, -0.2) is 56.7 Å². The molecule has 0 atom stereocenters. The second kappa shape index (κ2) is 10.6. The lowest BCUT2D eigenvalue weighted by molar-refractivity contribution is -0.120. The topological polar surface area (TPSA) is 54.9 Å². The number of methoxy groups -OCH3 is 1. The maximum atomic E-state index is 13.0. The van der Waals surface area contributed by atoms with Gasteiger partial charge in [-0.15, -0.1) is 12.4 Å². The summed E-state index contributed by atoms with van der Waals surface area (Å²) in [6.45, 7) is 5.25. The van der Waals surface area contributed by atoms with Gasteiger partial charge in [-0.25, -0.2) is 4.98 Å². The van der Waals surface area contributed by atoms with Crippen molar-refractivity contribution < 1.29 is 14.3 Å². The summed E-state index contributed by atoms with van der Waals surface area (Å²) < 4.78 is 12.2. The van der Waals surface area contributed by atoms with Crippen LogP contribution in [0.1, 0.15) is 11.1 Å². The molecule has 1 aromatic heterocycles. The van der Waals surface area contributed by atoms with E-state index in [0.29, 0.717) is 23.2 Å². The number of hydrogen-bond donors (Lipinski definition) is 0. The van der Waals surface area contributed by atoms with Crippen LogP contribution in [0.3, 0.4) is 0 Å². The van der Waals surface area contributed by atoms with Crippen LogP contribution in [0.25, 0.3) is 10.2 Å². The highest BCUT2D eigenvalue weighted by Crippen LogP contribution is 2.36. The van der Waals surface area contributed by atoms with Crippen molar-refractivity contribution >= 4 is 45.0 Å². The summed E-state index contributed by atoms with van der Waals surface area (Å²) in [6.07, 6.45) is 0. The number of carbonyl (C=O) groups excluding carboxylic acids is 1. The molecule has 162 valence electrons. The maximum Gasteiger partial charge on any atom is 0.266 e. The van der Waals surface area contributed by atoms with Gasteiger partial charge in [0.2, 0.25) is 0 Å². The van der Waals surface area contributed by atoms with E-state index in [-0.39, 0.29) is 24.9 Å². The molecular weight excluding hydrogens is 422 g/mol. The second-order valence-electron chi connectivity index (χ2n) is 7.21. The fourth-order valence-electron chi connectivity index (χ4n) is 2.93. The molecule has 3 rings (SSSR count). The Labute approximate surface area is 187 Å². The van der Waals surface area contributed by atoms with Crippen molar-refractivity contribution in [3.63, 3.8) is 0 Å². The minimum Gasteiger partial charge on any atom is -0.494 e.